The molecule has 0 atom stereocenters. The molecule has 0 radical (unpaired) electrons. The first-order chi connectivity index (χ1) is 11.4. The van der Waals surface area contributed by atoms with Crippen LogP contribution in [0.4, 0.5) is 4.39 Å². The van der Waals surface area contributed by atoms with Crippen molar-refractivity contribution in [2.75, 3.05) is 0 Å². The molecule has 5 nitrogen and oxygen atoms in total. The van der Waals surface area contributed by atoms with E-state index in [1.165, 1.54) is 12.1 Å². The standard InChI is InChI=1S/C17H16FN3O2S/c1-11-9-13(18)7-8-17(11)24(22,23)19-10-16-12(2)20-14-5-3-4-6-15(14)21-16/h3-9,19H,10H2,1-2H3. The lowest BCUT2D eigenvalue weighted by Gasteiger charge is -2.11. The molecule has 1 heterocycles. The molecule has 0 aliphatic carbocycles. The second-order valence-corrected chi connectivity index (χ2v) is 7.21. The van der Waals surface area contributed by atoms with Crippen molar-refractivity contribution < 1.29 is 12.8 Å². The number of nitrogens with one attached hydrogen (secondary N) is 1. The predicted molar refractivity (Wildman–Crippen MR) is 89.4 cm³/mol. The summed E-state index contributed by atoms with van der Waals surface area (Å²) in [7, 11) is -3.76. The third-order valence-electron chi connectivity index (χ3n) is 3.70. The number of aromatic nitrogens is 2. The van der Waals surface area contributed by atoms with Gasteiger partial charge in [0.1, 0.15) is 5.82 Å². The summed E-state index contributed by atoms with van der Waals surface area (Å²) in [4.78, 5) is 8.94. The molecule has 124 valence electrons. The first-order valence-electron chi connectivity index (χ1n) is 7.35. The molecule has 2 aromatic carbocycles. The van der Waals surface area contributed by atoms with Gasteiger partial charge in [-0.05, 0) is 49.7 Å². The van der Waals surface area contributed by atoms with Gasteiger partial charge < -0.3 is 0 Å². The van der Waals surface area contributed by atoms with Crippen LogP contribution in [0.5, 0.6) is 0 Å². The fraction of sp³-hybridized carbons (Fsp3) is 0.176. The molecule has 1 N–H and O–H groups in total. The van der Waals surface area contributed by atoms with Crippen molar-refractivity contribution in [1.82, 2.24) is 14.7 Å². The van der Waals surface area contributed by atoms with Crippen LogP contribution in [0.1, 0.15) is 17.0 Å². The largest absolute Gasteiger partial charge is 0.250 e. The van der Waals surface area contributed by atoms with Gasteiger partial charge >= 0.3 is 0 Å². The van der Waals surface area contributed by atoms with Crippen LogP contribution in [0.3, 0.4) is 0 Å². The summed E-state index contributed by atoms with van der Waals surface area (Å²) in [6, 6.07) is 11.0. The number of benzene rings is 2. The lowest BCUT2D eigenvalue weighted by Crippen LogP contribution is -2.25. The van der Waals surface area contributed by atoms with Crippen LogP contribution in [0.25, 0.3) is 11.0 Å². The minimum Gasteiger partial charge on any atom is -0.250 e. The number of aryl methyl sites for hydroxylation is 2. The van der Waals surface area contributed by atoms with Gasteiger partial charge in [0.05, 0.1) is 33.9 Å². The van der Waals surface area contributed by atoms with Crippen molar-refractivity contribution in [3.8, 4) is 0 Å². The highest BCUT2D eigenvalue weighted by atomic mass is 32.2. The van der Waals surface area contributed by atoms with E-state index < -0.39 is 15.8 Å². The topological polar surface area (TPSA) is 72.0 Å². The third-order valence-corrected chi connectivity index (χ3v) is 5.26. The number of nitrogens with zero attached hydrogens (tertiary/aromatic N) is 2. The van der Waals surface area contributed by atoms with E-state index in [4.69, 9.17) is 0 Å². The van der Waals surface area contributed by atoms with Crippen molar-refractivity contribution in [3.05, 3.63) is 65.2 Å². The first kappa shape index (κ1) is 16.5. The summed E-state index contributed by atoms with van der Waals surface area (Å²) in [5, 5.41) is 0. The maximum atomic E-state index is 13.2. The molecule has 0 saturated carbocycles. The van der Waals surface area contributed by atoms with Gasteiger partial charge in [-0.3, -0.25) is 0 Å². The molecular weight excluding hydrogens is 329 g/mol. The molecule has 24 heavy (non-hydrogen) atoms. The highest BCUT2D eigenvalue weighted by Gasteiger charge is 2.18. The normalized spacial score (nSPS) is 11.8. The average Bonchev–Trinajstić information content (AvgIpc) is 2.52. The monoisotopic (exact) mass is 345 g/mol. The van der Waals surface area contributed by atoms with E-state index in [2.05, 4.69) is 14.7 Å². The Balaban J connectivity index is 1.88. The molecule has 0 spiro atoms. The number of rotatable bonds is 4. The summed E-state index contributed by atoms with van der Waals surface area (Å²) in [6.07, 6.45) is 0. The van der Waals surface area contributed by atoms with Crippen molar-refractivity contribution >= 4 is 21.1 Å². The Bertz CT molecular complexity index is 1020. The molecule has 0 saturated heterocycles. The summed E-state index contributed by atoms with van der Waals surface area (Å²) < 4.78 is 40.5. The zero-order valence-electron chi connectivity index (χ0n) is 13.2. The lowest BCUT2D eigenvalue weighted by molar-refractivity contribution is 0.578. The van der Waals surface area contributed by atoms with Crippen LogP contribution in [-0.4, -0.2) is 18.4 Å². The Morgan fingerprint density at radius 2 is 1.71 bits per heavy atom. The summed E-state index contributed by atoms with van der Waals surface area (Å²) in [5.74, 6) is -0.470. The molecule has 0 aliphatic heterocycles. The Morgan fingerprint density at radius 1 is 1.04 bits per heavy atom. The van der Waals surface area contributed by atoms with Crippen LogP contribution in [0.2, 0.25) is 0 Å². The number of hydrogen-bond donors (Lipinski definition) is 1. The second-order valence-electron chi connectivity index (χ2n) is 5.48. The van der Waals surface area contributed by atoms with Gasteiger partial charge in [-0.25, -0.2) is 27.5 Å². The van der Waals surface area contributed by atoms with E-state index in [0.717, 1.165) is 11.6 Å². The number of halogens is 1. The van der Waals surface area contributed by atoms with Crippen LogP contribution in [0, 0.1) is 19.7 Å². The van der Waals surface area contributed by atoms with Crippen molar-refractivity contribution in [1.29, 1.82) is 0 Å². The minimum absolute atomic E-state index is 0.0167. The Kier molecular flexibility index (Phi) is 4.29. The molecule has 7 heteroatoms. The van der Waals surface area contributed by atoms with E-state index in [0.29, 0.717) is 22.5 Å². The van der Waals surface area contributed by atoms with Gasteiger partial charge in [0.15, 0.2) is 0 Å². The third kappa shape index (κ3) is 3.27. The Morgan fingerprint density at radius 3 is 2.38 bits per heavy atom. The summed E-state index contributed by atoms with van der Waals surface area (Å²) in [5.41, 5.74) is 3.03. The number of fused-ring (bicyclic) bond motifs is 1. The van der Waals surface area contributed by atoms with Gasteiger partial charge in [-0.1, -0.05) is 12.1 Å². The zero-order chi connectivity index (χ0) is 17.3. The first-order valence-corrected chi connectivity index (χ1v) is 8.83. The average molecular weight is 345 g/mol. The van der Waals surface area contributed by atoms with E-state index in [-0.39, 0.29) is 11.4 Å². The second kappa shape index (κ2) is 6.26. The molecule has 0 amide bonds. The molecular formula is C17H16FN3O2S. The highest BCUT2D eigenvalue weighted by Crippen LogP contribution is 2.17. The lowest BCUT2D eigenvalue weighted by atomic mass is 10.2. The fourth-order valence-corrected chi connectivity index (χ4v) is 3.66. The molecule has 0 fully saturated rings. The number of para-hydroxylation sites is 2. The Labute approximate surface area is 139 Å². The molecule has 3 aromatic rings. The van der Waals surface area contributed by atoms with E-state index in [1.54, 1.807) is 13.8 Å². The van der Waals surface area contributed by atoms with Gasteiger partial charge in [0.25, 0.3) is 0 Å². The van der Waals surface area contributed by atoms with Gasteiger partial charge in [0, 0.05) is 0 Å². The van der Waals surface area contributed by atoms with Crippen LogP contribution < -0.4 is 4.72 Å². The maximum absolute atomic E-state index is 13.2. The van der Waals surface area contributed by atoms with Crippen LogP contribution in [0.15, 0.2) is 47.4 Å². The molecule has 0 unspecified atom stereocenters. The SMILES string of the molecule is Cc1cc(F)ccc1S(=O)(=O)NCc1nc2ccccc2nc1C. The molecule has 3 rings (SSSR count). The quantitative estimate of drug-likeness (QED) is 0.789. The smallest absolute Gasteiger partial charge is 0.241 e. The van der Waals surface area contributed by atoms with Gasteiger partial charge in [0.2, 0.25) is 10.0 Å². The number of hydrogen-bond acceptors (Lipinski definition) is 4. The van der Waals surface area contributed by atoms with E-state index in [1.807, 2.05) is 24.3 Å². The molecule has 1 aromatic heterocycles. The van der Waals surface area contributed by atoms with Gasteiger partial charge in [-0.2, -0.15) is 0 Å². The fourth-order valence-electron chi connectivity index (χ4n) is 2.45. The number of sulfonamides is 1. The van der Waals surface area contributed by atoms with Gasteiger partial charge in [-0.15, -0.1) is 0 Å². The Hall–Kier alpha value is -2.38. The van der Waals surface area contributed by atoms with E-state index >= 15 is 0 Å². The van der Waals surface area contributed by atoms with Crippen LogP contribution >= 0.6 is 0 Å². The maximum Gasteiger partial charge on any atom is 0.241 e. The van der Waals surface area contributed by atoms with Crippen molar-refractivity contribution in [2.45, 2.75) is 25.3 Å². The minimum atomic E-state index is -3.76. The van der Waals surface area contributed by atoms with Crippen molar-refractivity contribution in [3.63, 3.8) is 0 Å². The summed E-state index contributed by atoms with van der Waals surface area (Å²) >= 11 is 0. The predicted octanol–water partition coefficient (Wildman–Crippen LogP) is 2.86. The molecule has 0 aliphatic rings. The highest BCUT2D eigenvalue weighted by molar-refractivity contribution is 7.89. The van der Waals surface area contributed by atoms with E-state index in [9.17, 15) is 12.8 Å². The molecule has 0 bridgehead atoms. The van der Waals surface area contributed by atoms with Crippen molar-refractivity contribution in [2.24, 2.45) is 0 Å². The van der Waals surface area contributed by atoms with Crippen LogP contribution in [-0.2, 0) is 16.6 Å². The summed E-state index contributed by atoms with van der Waals surface area (Å²) in [6.45, 7) is 3.35. The zero-order valence-corrected chi connectivity index (χ0v) is 14.1.